The summed E-state index contributed by atoms with van der Waals surface area (Å²) in [5.74, 6) is 2.22. The second-order valence-corrected chi connectivity index (χ2v) is 6.37. The second kappa shape index (κ2) is 5.58. The van der Waals surface area contributed by atoms with Crippen molar-refractivity contribution in [1.29, 1.82) is 0 Å². The van der Waals surface area contributed by atoms with Crippen molar-refractivity contribution in [3.63, 3.8) is 0 Å². The first kappa shape index (κ1) is 14.2. The van der Waals surface area contributed by atoms with Crippen LogP contribution in [-0.4, -0.2) is 24.7 Å². The Balaban J connectivity index is 1.84. The summed E-state index contributed by atoms with van der Waals surface area (Å²) in [6.07, 6.45) is 3.28. The third-order valence-electron chi connectivity index (χ3n) is 4.62. The van der Waals surface area contributed by atoms with E-state index in [1.165, 1.54) is 5.56 Å². The molecule has 1 atom stereocenters. The quantitative estimate of drug-likeness (QED) is 0.930. The Morgan fingerprint density at radius 2 is 2.00 bits per heavy atom. The molecule has 0 spiro atoms. The topological polar surface area (TPSA) is 47.6 Å². The molecule has 1 aromatic carbocycles. The summed E-state index contributed by atoms with van der Waals surface area (Å²) in [6.45, 7) is 5.75. The van der Waals surface area contributed by atoms with E-state index in [2.05, 4.69) is 31.3 Å². The zero-order chi connectivity index (χ0) is 14.9. The zero-order valence-electron chi connectivity index (χ0n) is 12.8. The number of carbonyl (C=O) groups excluding carboxylic acids is 1. The Morgan fingerprint density at radius 1 is 1.24 bits per heavy atom. The van der Waals surface area contributed by atoms with E-state index in [-0.39, 0.29) is 11.4 Å². The van der Waals surface area contributed by atoms with Gasteiger partial charge in [0.15, 0.2) is 11.5 Å². The summed E-state index contributed by atoms with van der Waals surface area (Å²) in [4.78, 5) is 11.7. The molecular weight excluding hydrogens is 266 g/mol. The first-order valence-electron chi connectivity index (χ1n) is 7.79. The highest BCUT2D eigenvalue weighted by atomic mass is 16.5. The largest absolute Gasteiger partial charge is 0.490 e. The molecule has 2 aliphatic rings. The fourth-order valence-electron chi connectivity index (χ4n) is 3.19. The van der Waals surface area contributed by atoms with Gasteiger partial charge in [0.2, 0.25) is 5.91 Å². The van der Waals surface area contributed by atoms with Gasteiger partial charge in [0.25, 0.3) is 0 Å². The number of rotatable bonds is 3. The van der Waals surface area contributed by atoms with E-state index in [0.717, 1.165) is 30.8 Å². The van der Waals surface area contributed by atoms with Gasteiger partial charge in [0, 0.05) is 18.4 Å². The SMILES string of the molecule is CC(C)C1(Cc2ccc3c(c2)OCCCO3)CCC(=O)N1. The molecule has 1 aromatic rings. The molecule has 1 amide bonds. The Hall–Kier alpha value is -1.71. The van der Waals surface area contributed by atoms with Crippen molar-refractivity contribution in [2.75, 3.05) is 13.2 Å². The zero-order valence-corrected chi connectivity index (χ0v) is 12.8. The Labute approximate surface area is 125 Å². The molecule has 1 N–H and O–H groups in total. The summed E-state index contributed by atoms with van der Waals surface area (Å²) in [6, 6.07) is 6.14. The molecule has 4 nitrogen and oxygen atoms in total. The minimum atomic E-state index is -0.128. The van der Waals surface area contributed by atoms with E-state index in [1.807, 2.05) is 6.07 Å². The van der Waals surface area contributed by atoms with Crippen LogP contribution in [0.25, 0.3) is 0 Å². The fraction of sp³-hybridized carbons (Fsp3) is 0.588. The maximum absolute atomic E-state index is 11.7. The number of fused-ring (bicyclic) bond motifs is 1. The van der Waals surface area contributed by atoms with E-state index < -0.39 is 0 Å². The van der Waals surface area contributed by atoms with Crippen LogP contribution in [0.5, 0.6) is 11.5 Å². The van der Waals surface area contributed by atoms with Gasteiger partial charge in [-0.2, -0.15) is 0 Å². The van der Waals surface area contributed by atoms with Crippen LogP contribution in [0, 0.1) is 5.92 Å². The number of hydrogen-bond donors (Lipinski definition) is 1. The van der Waals surface area contributed by atoms with Crippen LogP contribution in [-0.2, 0) is 11.2 Å². The third kappa shape index (κ3) is 2.85. The number of benzene rings is 1. The van der Waals surface area contributed by atoms with Crippen LogP contribution in [0.15, 0.2) is 18.2 Å². The monoisotopic (exact) mass is 289 g/mol. The normalized spacial score (nSPS) is 24.8. The van der Waals surface area contributed by atoms with E-state index in [9.17, 15) is 4.79 Å². The molecule has 4 heteroatoms. The Kier molecular flexibility index (Phi) is 3.79. The number of ether oxygens (including phenoxy) is 2. The van der Waals surface area contributed by atoms with Crippen molar-refractivity contribution >= 4 is 5.91 Å². The molecule has 1 unspecified atom stereocenters. The lowest BCUT2D eigenvalue weighted by molar-refractivity contribution is -0.120. The van der Waals surface area contributed by atoms with Crippen LogP contribution in [0.4, 0.5) is 0 Å². The molecule has 1 fully saturated rings. The molecule has 2 heterocycles. The average molecular weight is 289 g/mol. The van der Waals surface area contributed by atoms with Crippen LogP contribution < -0.4 is 14.8 Å². The average Bonchev–Trinajstić information content (AvgIpc) is 2.69. The summed E-state index contributed by atoms with van der Waals surface area (Å²) in [5, 5.41) is 3.20. The maximum atomic E-state index is 11.7. The molecule has 0 aliphatic carbocycles. The minimum Gasteiger partial charge on any atom is -0.490 e. The van der Waals surface area contributed by atoms with Crippen molar-refractivity contribution in [1.82, 2.24) is 5.32 Å². The highest BCUT2D eigenvalue weighted by molar-refractivity contribution is 5.79. The van der Waals surface area contributed by atoms with Crippen molar-refractivity contribution in [2.45, 2.75) is 45.1 Å². The molecular formula is C17H23NO3. The molecule has 3 rings (SSSR count). The van der Waals surface area contributed by atoms with E-state index in [0.29, 0.717) is 25.6 Å². The van der Waals surface area contributed by atoms with E-state index in [4.69, 9.17) is 9.47 Å². The lowest BCUT2D eigenvalue weighted by atomic mass is 9.80. The van der Waals surface area contributed by atoms with Crippen molar-refractivity contribution in [2.24, 2.45) is 5.92 Å². The van der Waals surface area contributed by atoms with Gasteiger partial charge in [-0.25, -0.2) is 0 Å². The number of hydrogen-bond acceptors (Lipinski definition) is 3. The first-order valence-corrected chi connectivity index (χ1v) is 7.79. The molecule has 0 radical (unpaired) electrons. The maximum Gasteiger partial charge on any atom is 0.220 e. The summed E-state index contributed by atoms with van der Waals surface area (Å²) >= 11 is 0. The van der Waals surface area contributed by atoms with Gasteiger partial charge in [-0.1, -0.05) is 19.9 Å². The summed E-state index contributed by atoms with van der Waals surface area (Å²) in [7, 11) is 0. The molecule has 1 saturated heterocycles. The molecule has 21 heavy (non-hydrogen) atoms. The van der Waals surface area contributed by atoms with Crippen molar-refractivity contribution < 1.29 is 14.3 Å². The lowest BCUT2D eigenvalue weighted by Crippen LogP contribution is -2.48. The van der Waals surface area contributed by atoms with Gasteiger partial charge in [-0.3, -0.25) is 4.79 Å². The molecule has 0 bridgehead atoms. The molecule has 0 saturated carbocycles. The molecule has 2 aliphatic heterocycles. The fourth-order valence-corrected chi connectivity index (χ4v) is 3.19. The van der Waals surface area contributed by atoms with Gasteiger partial charge >= 0.3 is 0 Å². The predicted molar refractivity (Wildman–Crippen MR) is 80.7 cm³/mol. The summed E-state index contributed by atoms with van der Waals surface area (Å²) < 4.78 is 11.4. The van der Waals surface area contributed by atoms with Crippen molar-refractivity contribution in [3.05, 3.63) is 23.8 Å². The van der Waals surface area contributed by atoms with Gasteiger partial charge < -0.3 is 14.8 Å². The van der Waals surface area contributed by atoms with Crippen LogP contribution >= 0.6 is 0 Å². The Morgan fingerprint density at radius 3 is 2.67 bits per heavy atom. The van der Waals surface area contributed by atoms with Gasteiger partial charge in [0.1, 0.15) is 0 Å². The van der Waals surface area contributed by atoms with Crippen LogP contribution in [0.2, 0.25) is 0 Å². The second-order valence-electron chi connectivity index (χ2n) is 6.37. The minimum absolute atomic E-state index is 0.128. The molecule has 0 aromatic heterocycles. The van der Waals surface area contributed by atoms with Crippen molar-refractivity contribution in [3.8, 4) is 11.5 Å². The third-order valence-corrected chi connectivity index (χ3v) is 4.62. The number of nitrogens with one attached hydrogen (secondary N) is 1. The van der Waals surface area contributed by atoms with Gasteiger partial charge in [-0.05, 0) is 36.5 Å². The smallest absolute Gasteiger partial charge is 0.220 e. The number of amides is 1. The molecule has 114 valence electrons. The predicted octanol–water partition coefficient (Wildman–Crippen LogP) is 2.70. The van der Waals surface area contributed by atoms with Crippen LogP contribution in [0.1, 0.15) is 38.7 Å². The Bertz CT molecular complexity index is 541. The standard InChI is InChI=1S/C17H23NO3/c1-12(2)17(7-6-16(19)18-17)11-13-4-5-14-15(10-13)21-9-3-8-20-14/h4-5,10,12H,3,6-9,11H2,1-2H3,(H,18,19). The van der Waals surface area contributed by atoms with Crippen LogP contribution in [0.3, 0.4) is 0 Å². The highest BCUT2D eigenvalue weighted by Crippen LogP contribution is 2.35. The van der Waals surface area contributed by atoms with E-state index >= 15 is 0 Å². The lowest BCUT2D eigenvalue weighted by Gasteiger charge is -2.33. The first-order chi connectivity index (χ1) is 10.1. The van der Waals surface area contributed by atoms with Gasteiger partial charge in [-0.15, -0.1) is 0 Å². The number of carbonyl (C=O) groups is 1. The van der Waals surface area contributed by atoms with Gasteiger partial charge in [0.05, 0.1) is 13.2 Å². The highest BCUT2D eigenvalue weighted by Gasteiger charge is 2.40. The van der Waals surface area contributed by atoms with E-state index in [1.54, 1.807) is 0 Å². The summed E-state index contributed by atoms with van der Waals surface area (Å²) in [5.41, 5.74) is 1.06.